The van der Waals surface area contributed by atoms with E-state index in [0.717, 1.165) is 83.5 Å². The van der Waals surface area contributed by atoms with Crippen LogP contribution in [0, 0.1) is 0 Å². The van der Waals surface area contributed by atoms with Gasteiger partial charge in [0.15, 0.2) is 6.10 Å². The summed E-state index contributed by atoms with van der Waals surface area (Å²) in [6, 6.07) is 0. The van der Waals surface area contributed by atoms with Gasteiger partial charge >= 0.3 is 17.9 Å². The summed E-state index contributed by atoms with van der Waals surface area (Å²) in [4.78, 5) is 37.2. The summed E-state index contributed by atoms with van der Waals surface area (Å²) < 4.78 is 22.8. The summed E-state index contributed by atoms with van der Waals surface area (Å²) in [5.74, 6) is -2.01. The Labute approximate surface area is 411 Å². The fraction of sp³-hybridized carbons (Fsp3) is 0.741. The molecule has 2 atom stereocenters. The van der Waals surface area contributed by atoms with E-state index in [-0.39, 0.29) is 32.2 Å². The number of esters is 2. The van der Waals surface area contributed by atoms with E-state index < -0.39 is 24.3 Å². The van der Waals surface area contributed by atoms with Crippen LogP contribution in [0.1, 0.15) is 219 Å². The maximum atomic E-state index is 12.8. The summed E-state index contributed by atoms with van der Waals surface area (Å²) in [5.41, 5.74) is 0. The van der Waals surface area contributed by atoms with Crippen molar-refractivity contribution in [1.82, 2.24) is 0 Å². The van der Waals surface area contributed by atoms with Crippen molar-refractivity contribution in [1.29, 1.82) is 0 Å². The van der Waals surface area contributed by atoms with Gasteiger partial charge in [0, 0.05) is 12.8 Å². The lowest BCUT2D eigenvalue weighted by atomic mass is 10.0. The number of aliphatic carboxylic acids is 1. The van der Waals surface area contributed by atoms with E-state index in [1.807, 2.05) is 21.1 Å². The molecular formula is C58H102NO8+. The van der Waals surface area contributed by atoms with Crippen LogP contribution in [-0.2, 0) is 33.3 Å². The van der Waals surface area contributed by atoms with Gasteiger partial charge in [0.2, 0.25) is 0 Å². The van der Waals surface area contributed by atoms with Gasteiger partial charge in [0.25, 0.3) is 6.29 Å². The van der Waals surface area contributed by atoms with Crippen LogP contribution in [0.25, 0.3) is 0 Å². The Morgan fingerprint density at radius 3 is 1.27 bits per heavy atom. The van der Waals surface area contributed by atoms with Crippen LogP contribution in [0.4, 0.5) is 0 Å². The highest BCUT2D eigenvalue weighted by Crippen LogP contribution is 2.15. The first-order chi connectivity index (χ1) is 32.6. The summed E-state index contributed by atoms with van der Waals surface area (Å²) >= 11 is 0. The average molecular weight is 941 g/mol. The molecule has 0 radical (unpaired) electrons. The molecule has 0 aliphatic carbocycles. The third-order valence-corrected chi connectivity index (χ3v) is 11.5. The highest BCUT2D eigenvalue weighted by atomic mass is 16.7. The number of allylic oxidation sites excluding steroid dienone is 12. The normalized spacial score (nSPS) is 13.4. The molecule has 0 aromatic rings. The molecule has 0 bridgehead atoms. The van der Waals surface area contributed by atoms with Gasteiger partial charge in [-0.2, -0.15) is 0 Å². The molecule has 0 saturated heterocycles. The molecule has 0 amide bonds. The number of hydrogen-bond donors (Lipinski definition) is 1. The van der Waals surface area contributed by atoms with E-state index in [4.69, 9.17) is 18.9 Å². The van der Waals surface area contributed by atoms with Crippen molar-refractivity contribution in [3.05, 3.63) is 72.9 Å². The second kappa shape index (κ2) is 49.2. The lowest BCUT2D eigenvalue weighted by Crippen LogP contribution is -2.40. The molecule has 0 saturated carbocycles. The minimum absolute atomic E-state index is 0.182. The number of carboxylic acids is 1. The number of likely N-dealkylation sites (N-methyl/N-ethyl adjacent to an activating group) is 1. The number of unbranched alkanes of at least 4 members (excludes halogenated alkanes) is 22. The molecule has 0 spiro atoms. The zero-order valence-electron chi connectivity index (χ0n) is 43.8. The van der Waals surface area contributed by atoms with Gasteiger partial charge in [-0.1, -0.05) is 215 Å². The molecule has 9 nitrogen and oxygen atoms in total. The Morgan fingerprint density at radius 1 is 0.463 bits per heavy atom. The van der Waals surface area contributed by atoms with Crippen LogP contribution in [0.5, 0.6) is 0 Å². The molecule has 67 heavy (non-hydrogen) atoms. The summed E-state index contributed by atoms with van der Waals surface area (Å²) in [7, 11) is 5.96. The highest BCUT2D eigenvalue weighted by molar-refractivity contribution is 5.71. The minimum atomic E-state index is -1.51. The average Bonchev–Trinajstić information content (AvgIpc) is 3.29. The minimum Gasteiger partial charge on any atom is -0.477 e. The van der Waals surface area contributed by atoms with Gasteiger partial charge in [-0.25, -0.2) is 4.79 Å². The van der Waals surface area contributed by atoms with Crippen LogP contribution < -0.4 is 0 Å². The molecule has 1 N–H and O–H groups in total. The summed E-state index contributed by atoms with van der Waals surface area (Å²) in [5, 5.41) is 9.66. The number of carboxylic acid groups (broad SMARTS) is 1. The standard InChI is InChI=1S/C58H101NO8/c1-6-8-10-12-14-16-18-19-20-21-22-23-24-25-26-27-28-29-30-31-32-33-34-35-36-37-39-41-43-45-47-49-56(61)67-54(53-66-58(57(62)63)64-51-50-59(3,4)5)52-65-55(60)48-46-44-42-40-38-17-15-13-11-9-7-2/h8,10,14,16,19-20,22-23,25-26,28-29,54,58H,6-7,9,11-13,15,17-18,21,24,27,30-53H2,1-5H3/p+1/b10-8-,16-14-,20-19-,23-22-,26-25-,29-28-. The zero-order chi connectivity index (χ0) is 49.2. The summed E-state index contributed by atoms with van der Waals surface area (Å²) in [6.07, 6.45) is 59.8. The molecule has 0 fully saturated rings. The molecule has 0 aromatic heterocycles. The van der Waals surface area contributed by atoms with E-state index in [0.29, 0.717) is 17.4 Å². The fourth-order valence-electron chi connectivity index (χ4n) is 7.31. The second-order valence-corrected chi connectivity index (χ2v) is 19.2. The monoisotopic (exact) mass is 941 g/mol. The van der Waals surface area contributed by atoms with E-state index in [1.165, 1.54) is 109 Å². The summed E-state index contributed by atoms with van der Waals surface area (Å²) in [6.45, 7) is 4.75. The van der Waals surface area contributed by atoms with E-state index in [9.17, 15) is 19.5 Å². The number of carbonyl (C=O) groups excluding carboxylic acids is 2. The maximum absolute atomic E-state index is 12.8. The Morgan fingerprint density at radius 2 is 0.851 bits per heavy atom. The van der Waals surface area contributed by atoms with Crippen LogP contribution >= 0.6 is 0 Å². The maximum Gasteiger partial charge on any atom is 0.361 e. The predicted octanol–water partition coefficient (Wildman–Crippen LogP) is 15.5. The number of carbonyl (C=O) groups is 3. The first kappa shape index (κ1) is 63.7. The second-order valence-electron chi connectivity index (χ2n) is 19.2. The van der Waals surface area contributed by atoms with Crippen molar-refractivity contribution in [3.63, 3.8) is 0 Å². The van der Waals surface area contributed by atoms with E-state index in [1.54, 1.807) is 0 Å². The first-order valence-electron chi connectivity index (χ1n) is 27.1. The molecule has 0 rings (SSSR count). The molecule has 2 unspecified atom stereocenters. The number of ether oxygens (including phenoxy) is 4. The van der Waals surface area contributed by atoms with Crippen LogP contribution in [0.3, 0.4) is 0 Å². The van der Waals surface area contributed by atoms with Gasteiger partial charge in [0.1, 0.15) is 13.2 Å². The lowest BCUT2D eigenvalue weighted by molar-refractivity contribution is -0.870. The fourth-order valence-corrected chi connectivity index (χ4v) is 7.31. The number of hydrogen-bond acceptors (Lipinski definition) is 7. The van der Waals surface area contributed by atoms with Crippen LogP contribution in [-0.4, -0.2) is 87.4 Å². The Balaban J connectivity index is 4.17. The highest BCUT2D eigenvalue weighted by Gasteiger charge is 2.25. The molecule has 9 heteroatoms. The molecule has 386 valence electrons. The van der Waals surface area contributed by atoms with E-state index in [2.05, 4.69) is 86.8 Å². The Bertz CT molecular complexity index is 1330. The van der Waals surface area contributed by atoms with E-state index >= 15 is 0 Å². The van der Waals surface area contributed by atoms with Crippen molar-refractivity contribution in [2.75, 3.05) is 47.5 Å². The van der Waals surface area contributed by atoms with Crippen LogP contribution in [0.15, 0.2) is 72.9 Å². The van der Waals surface area contributed by atoms with Crippen molar-refractivity contribution < 1.29 is 42.9 Å². The SMILES string of the molecule is CC/C=C\C/C=C\C/C=C\C/C=C\C/C=C\C/C=C\CCCCCCCCCCCCCCC(=O)OC(COC(=O)CCCCCCCCCCCCC)COC(OCC[N+](C)(C)C)C(=O)O. The zero-order valence-corrected chi connectivity index (χ0v) is 43.8. The van der Waals surface area contributed by atoms with Gasteiger partial charge in [-0.3, -0.25) is 9.59 Å². The Kier molecular flexibility index (Phi) is 46.8. The van der Waals surface area contributed by atoms with Crippen LogP contribution in [0.2, 0.25) is 0 Å². The van der Waals surface area contributed by atoms with Gasteiger partial charge in [-0.05, 0) is 64.2 Å². The number of rotatable bonds is 49. The quantitative estimate of drug-likeness (QED) is 0.0211. The van der Waals surface area contributed by atoms with Gasteiger partial charge in [-0.15, -0.1) is 0 Å². The van der Waals surface area contributed by atoms with Crippen molar-refractivity contribution >= 4 is 17.9 Å². The lowest BCUT2D eigenvalue weighted by Gasteiger charge is -2.25. The van der Waals surface area contributed by atoms with Crippen molar-refractivity contribution in [2.45, 2.75) is 232 Å². The molecule has 0 aromatic carbocycles. The number of nitrogens with zero attached hydrogens (tertiary/aromatic N) is 1. The number of quaternary nitrogens is 1. The molecule has 0 aliphatic rings. The predicted molar refractivity (Wildman–Crippen MR) is 281 cm³/mol. The third-order valence-electron chi connectivity index (χ3n) is 11.5. The topological polar surface area (TPSA) is 108 Å². The van der Waals surface area contributed by atoms with Gasteiger partial charge < -0.3 is 28.5 Å². The van der Waals surface area contributed by atoms with Gasteiger partial charge in [0.05, 0.1) is 34.4 Å². The third kappa shape index (κ3) is 50.4. The van der Waals surface area contributed by atoms with Crippen molar-refractivity contribution in [3.8, 4) is 0 Å². The Hall–Kier alpha value is -3.27. The molecule has 0 heterocycles. The smallest absolute Gasteiger partial charge is 0.361 e. The molecular weight excluding hydrogens is 839 g/mol. The molecule has 0 aliphatic heterocycles. The largest absolute Gasteiger partial charge is 0.477 e. The first-order valence-corrected chi connectivity index (χ1v) is 27.1. The van der Waals surface area contributed by atoms with Crippen molar-refractivity contribution in [2.24, 2.45) is 0 Å².